The van der Waals surface area contributed by atoms with E-state index in [1.165, 1.54) is 4.90 Å². The van der Waals surface area contributed by atoms with Crippen molar-refractivity contribution in [2.24, 2.45) is 0 Å². The molecule has 0 aliphatic carbocycles. The second kappa shape index (κ2) is 10.0. The molecule has 7 rings (SSSR count). The van der Waals surface area contributed by atoms with Crippen molar-refractivity contribution in [3.63, 3.8) is 0 Å². The summed E-state index contributed by atoms with van der Waals surface area (Å²) >= 11 is 0. The van der Waals surface area contributed by atoms with Gasteiger partial charge in [0.05, 0.1) is 11.3 Å². The maximum absolute atomic E-state index is 14.3. The number of nitrogens with one attached hydrogen (secondary N) is 2. The zero-order valence-corrected chi connectivity index (χ0v) is 23.4. The Morgan fingerprint density at radius 2 is 1.52 bits per heavy atom. The Hall–Kier alpha value is -5.17. The highest BCUT2D eigenvalue weighted by Gasteiger charge is 2.53. The van der Waals surface area contributed by atoms with Gasteiger partial charge in [-0.2, -0.15) is 0 Å². The highest BCUT2D eigenvalue weighted by atomic mass is 16.2. The van der Waals surface area contributed by atoms with Crippen LogP contribution in [0.4, 0.5) is 10.5 Å². The van der Waals surface area contributed by atoms with E-state index in [0.717, 1.165) is 44.4 Å². The van der Waals surface area contributed by atoms with Crippen LogP contribution in [0.5, 0.6) is 0 Å². The van der Waals surface area contributed by atoms with Gasteiger partial charge in [0.1, 0.15) is 12.1 Å². The first-order valence-corrected chi connectivity index (χ1v) is 14.2. The maximum Gasteiger partial charge on any atom is 0.332 e. The van der Waals surface area contributed by atoms with Gasteiger partial charge < -0.3 is 10.3 Å². The molecule has 1 fully saturated rings. The number of aromatic nitrogens is 1. The lowest BCUT2D eigenvalue weighted by Gasteiger charge is -2.36. The molecular formula is C35H30N4O3. The predicted octanol–water partition coefficient (Wildman–Crippen LogP) is 6.20. The number of carbonyl (C=O) groups excluding carboxylic acids is 3. The minimum atomic E-state index is -0.695. The maximum atomic E-state index is 14.3. The number of fused-ring (bicyclic) bond motifs is 4. The number of benzene rings is 4. The van der Waals surface area contributed by atoms with E-state index in [-0.39, 0.29) is 17.4 Å². The van der Waals surface area contributed by atoms with Crippen molar-refractivity contribution >= 4 is 34.4 Å². The van der Waals surface area contributed by atoms with Crippen LogP contribution in [0.25, 0.3) is 10.9 Å². The molecule has 208 valence electrons. The van der Waals surface area contributed by atoms with Crippen molar-refractivity contribution in [3.8, 4) is 0 Å². The van der Waals surface area contributed by atoms with Gasteiger partial charge in [-0.3, -0.25) is 14.5 Å². The van der Waals surface area contributed by atoms with Gasteiger partial charge in [-0.15, -0.1) is 0 Å². The van der Waals surface area contributed by atoms with E-state index in [0.29, 0.717) is 18.7 Å². The van der Waals surface area contributed by atoms with Crippen molar-refractivity contribution in [1.29, 1.82) is 0 Å². The lowest BCUT2D eigenvalue weighted by atomic mass is 9.88. The average Bonchev–Trinajstić information content (AvgIpc) is 3.50. The Morgan fingerprint density at radius 3 is 2.29 bits per heavy atom. The molecule has 42 heavy (non-hydrogen) atoms. The summed E-state index contributed by atoms with van der Waals surface area (Å²) in [5.41, 5.74) is 7.65. The van der Waals surface area contributed by atoms with E-state index < -0.39 is 18.1 Å². The fourth-order valence-corrected chi connectivity index (χ4v) is 6.24. The van der Waals surface area contributed by atoms with Crippen LogP contribution in [0.15, 0.2) is 97.1 Å². The Morgan fingerprint density at radius 1 is 0.857 bits per heavy atom. The summed E-state index contributed by atoms with van der Waals surface area (Å²) in [5.74, 6) is -0.672. The Labute approximate surface area is 243 Å². The third kappa shape index (κ3) is 4.16. The second-order valence-corrected chi connectivity index (χ2v) is 11.1. The van der Waals surface area contributed by atoms with Gasteiger partial charge in [0.25, 0.3) is 11.8 Å². The van der Waals surface area contributed by atoms with Crippen LogP contribution in [0.1, 0.15) is 49.9 Å². The summed E-state index contributed by atoms with van der Waals surface area (Å²) in [6.45, 7) is 4.37. The number of aromatic amines is 1. The van der Waals surface area contributed by atoms with Gasteiger partial charge >= 0.3 is 6.03 Å². The van der Waals surface area contributed by atoms with Crippen LogP contribution >= 0.6 is 0 Å². The minimum Gasteiger partial charge on any atom is -0.356 e. The average molecular weight is 555 g/mol. The topological polar surface area (TPSA) is 85.5 Å². The molecule has 2 atom stereocenters. The van der Waals surface area contributed by atoms with Crippen molar-refractivity contribution in [1.82, 2.24) is 15.2 Å². The van der Waals surface area contributed by atoms with E-state index in [1.807, 2.05) is 80.6 Å². The SMILES string of the molecule is Cc1ccc(CNC(=O)c2ccccc2N2C(=O)[C@@H]3Cc4c([nH]c5ccccc45)C(c4ccc(C)cc4)N3C2=O)cc1. The molecule has 2 aliphatic rings. The number of rotatable bonds is 5. The summed E-state index contributed by atoms with van der Waals surface area (Å²) in [7, 11) is 0. The first kappa shape index (κ1) is 25.8. The van der Waals surface area contributed by atoms with E-state index >= 15 is 0 Å². The fourth-order valence-electron chi connectivity index (χ4n) is 6.24. The van der Waals surface area contributed by atoms with Crippen molar-refractivity contribution in [3.05, 3.63) is 136 Å². The molecule has 5 aromatic rings. The molecule has 1 saturated heterocycles. The molecule has 1 unspecified atom stereocenters. The lowest BCUT2D eigenvalue weighted by molar-refractivity contribution is -0.120. The monoisotopic (exact) mass is 554 g/mol. The van der Waals surface area contributed by atoms with E-state index in [4.69, 9.17) is 0 Å². The molecule has 2 N–H and O–H groups in total. The molecule has 7 heteroatoms. The van der Waals surface area contributed by atoms with Crippen LogP contribution in [0, 0.1) is 13.8 Å². The zero-order chi connectivity index (χ0) is 29.0. The number of anilines is 1. The first-order chi connectivity index (χ1) is 20.4. The number of hydrogen-bond acceptors (Lipinski definition) is 3. The zero-order valence-electron chi connectivity index (χ0n) is 23.4. The number of amides is 4. The van der Waals surface area contributed by atoms with Gasteiger partial charge in [0.15, 0.2) is 0 Å². The highest BCUT2D eigenvalue weighted by Crippen LogP contribution is 2.45. The van der Waals surface area contributed by atoms with Crippen molar-refractivity contribution in [2.75, 3.05) is 4.90 Å². The van der Waals surface area contributed by atoms with E-state index in [9.17, 15) is 14.4 Å². The normalized spacial score (nSPS) is 17.9. The predicted molar refractivity (Wildman–Crippen MR) is 162 cm³/mol. The summed E-state index contributed by atoms with van der Waals surface area (Å²) in [4.78, 5) is 48.3. The quantitative estimate of drug-likeness (QED) is 0.254. The number of aryl methyl sites for hydroxylation is 2. The molecule has 2 aliphatic heterocycles. The highest BCUT2D eigenvalue weighted by molar-refractivity contribution is 6.24. The number of imide groups is 1. The van der Waals surface area contributed by atoms with Crippen LogP contribution < -0.4 is 10.2 Å². The number of nitrogens with zero attached hydrogens (tertiary/aromatic N) is 2. The molecule has 4 aromatic carbocycles. The number of para-hydroxylation sites is 2. The number of H-pyrrole nitrogens is 1. The molecule has 0 saturated carbocycles. The van der Waals surface area contributed by atoms with E-state index in [2.05, 4.69) is 16.4 Å². The van der Waals surface area contributed by atoms with Gasteiger partial charge in [-0.25, -0.2) is 9.69 Å². The smallest absolute Gasteiger partial charge is 0.332 e. The Bertz CT molecular complexity index is 1860. The summed E-state index contributed by atoms with van der Waals surface area (Å²) in [6.07, 6.45) is 0.393. The molecule has 1 aromatic heterocycles. The minimum absolute atomic E-state index is 0.280. The van der Waals surface area contributed by atoms with Crippen LogP contribution in [-0.2, 0) is 17.8 Å². The standard InChI is InChI=1S/C35H30N4O3/c1-21-11-15-23(16-12-21)20-36-33(40)26-8-4-6-10-29(26)39-34(41)30-19-27-25-7-3-5-9-28(25)37-31(27)32(38(30)35(39)42)24-17-13-22(2)14-18-24/h3-18,30,32,37H,19-20H2,1-2H3,(H,36,40)/t30-,32?/m0/s1. The Kier molecular flexibility index (Phi) is 6.16. The molecule has 0 radical (unpaired) electrons. The van der Waals surface area contributed by atoms with Gasteiger partial charge in [-0.05, 0) is 48.7 Å². The van der Waals surface area contributed by atoms with Crippen LogP contribution in [0.2, 0.25) is 0 Å². The number of hydrogen-bond donors (Lipinski definition) is 2. The number of carbonyl (C=O) groups is 3. The molecule has 3 heterocycles. The molecule has 0 spiro atoms. The molecule has 4 amide bonds. The molecule has 0 bridgehead atoms. The van der Waals surface area contributed by atoms with Crippen molar-refractivity contribution in [2.45, 2.75) is 38.9 Å². The summed E-state index contributed by atoms with van der Waals surface area (Å²) in [5, 5.41) is 4.01. The molecular weight excluding hydrogens is 524 g/mol. The van der Waals surface area contributed by atoms with Gasteiger partial charge in [0.2, 0.25) is 0 Å². The third-order valence-corrected chi connectivity index (χ3v) is 8.41. The van der Waals surface area contributed by atoms with Crippen LogP contribution in [0.3, 0.4) is 0 Å². The van der Waals surface area contributed by atoms with Crippen LogP contribution in [-0.4, -0.2) is 33.8 Å². The van der Waals surface area contributed by atoms with E-state index in [1.54, 1.807) is 29.2 Å². The second-order valence-electron chi connectivity index (χ2n) is 11.1. The Balaban J connectivity index is 1.27. The molecule has 7 nitrogen and oxygen atoms in total. The fraction of sp³-hybridized carbons (Fsp3) is 0.171. The lowest BCUT2D eigenvalue weighted by Crippen LogP contribution is -2.44. The summed E-state index contributed by atoms with van der Waals surface area (Å²) < 4.78 is 0. The largest absolute Gasteiger partial charge is 0.356 e. The number of urea groups is 1. The summed E-state index contributed by atoms with van der Waals surface area (Å²) in [6, 6.07) is 29.3. The van der Waals surface area contributed by atoms with Gasteiger partial charge in [-0.1, -0.05) is 90.0 Å². The first-order valence-electron chi connectivity index (χ1n) is 14.2. The van der Waals surface area contributed by atoms with Crippen molar-refractivity contribution < 1.29 is 14.4 Å². The third-order valence-electron chi connectivity index (χ3n) is 8.41. The van der Waals surface area contributed by atoms with Gasteiger partial charge in [0, 0.05) is 29.6 Å².